The standard InChI is InChI=1S/C26H24N4O5S/c1-34-17-10-6-9-16(11-17)21-18(13-27)23(28)30-25(33)19(12-20(31)35-2)36-26(30)22(21)24(32)29-14-15-7-4-3-5-8-15/h3-11,19,21H,12,14,28H2,1-2H3,(H,29,32)/t19-,21+/m0/s1. The fourth-order valence-corrected chi connectivity index (χ4v) is 5.50. The quantitative estimate of drug-likeness (QED) is 0.549. The van der Waals surface area contributed by atoms with Crippen molar-refractivity contribution in [3.63, 3.8) is 0 Å². The lowest BCUT2D eigenvalue weighted by Crippen LogP contribution is -2.40. The summed E-state index contributed by atoms with van der Waals surface area (Å²) in [6.07, 6.45) is -0.197. The molecule has 0 bridgehead atoms. The summed E-state index contributed by atoms with van der Waals surface area (Å²) in [5.74, 6) is -1.87. The van der Waals surface area contributed by atoms with Crippen molar-refractivity contribution >= 4 is 29.5 Å². The molecule has 10 heteroatoms. The second kappa shape index (κ2) is 10.6. The van der Waals surface area contributed by atoms with Gasteiger partial charge in [-0.25, -0.2) is 0 Å². The number of esters is 1. The van der Waals surface area contributed by atoms with Gasteiger partial charge in [-0.3, -0.25) is 19.3 Å². The van der Waals surface area contributed by atoms with Crippen molar-refractivity contribution in [1.29, 1.82) is 5.26 Å². The van der Waals surface area contributed by atoms with E-state index in [0.29, 0.717) is 16.3 Å². The van der Waals surface area contributed by atoms with Crippen LogP contribution in [0.5, 0.6) is 5.75 Å². The maximum Gasteiger partial charge on any atom is 0.307 e. The van der Waals surface area contributed by atoms with Crippen molar-refractivity contribution in [1.82, 2.24) is 10.2 Å². The molecule has 0 unspecified atom stereocenters. The second-order valence-corrected chi connectivity index (χ2v) is 9.26. The van der Waals surface area contributed by atoms with Gasteiger partial charge >= 0.3 is 5.97 Å². The summed E-state index contributed by atoms with van der Waals surface area (Å²) >= 11 is 1.07. The van der Waals surface area contributed by atoms with Crippen LogP contribution in [0.3, 0.4) is 0 Å². The van der Waals surface area contributed by atoms with Crippen LogP contribution in [0.2, 0.25) is 0 Å². The molecule has 2 atom stereocenters. The lowest BCUT2D eigenvalue weighted by atomic mass is 9.82. The van der Waals surface area contributed by atoms with Crippen molar-refractivity contribution in [2.75, 3.05) is 14.2 Å². The summed E-state index contributed by atoms with van der Waals surface area (Å²) in [4.78, 5) is 40.1. The smallest absolute Gasteiger partial charge is 0.307 e. The van der Waals surface area contributed by atoms with Crippen molar-refractivity contribution in [3.05, 3.63) is 87.7 Å². The number of thioether (sulfide) groups is 1. The molecular weight excluding hydrogens is 480 g/mol. The molecule has 2 heterocycles. The number of rotatable bonds is 7. The first-order valence-electron chi connectivity index (χ1n) is 11.1. The van der Waals surface area contributed by atoms with Gasteiger partial charge in [-0.15, -0.1) is 0 Å². The van der Waals surface area contributed by atoms with Crippen LogP contribution in [-0.2, 0) is 25.7 Å². The number of nitrogens with two attached hydrogens (primary N) is 1. The molecule has 2 amide bonds. The zero-order valence-corrected chi connectivity index (χ0v) is 20.5. The van der Waals surface area contributed by atoms with Gasteiger partial charge in [-0.1, -0.05) is 54.2 Å². The molecule has 1 fully saturated rings. The van der Waals surface area contributed by atoms with Crippen LogP contribution in [0.1, 0.15) is 23.5 Å². The zero-order valence-electron chi connectivity index (χ0n) is 19.7. The fourth-order valence-electron chi connectivity index (χ4n) is 4.17. The Labute approximate surface area is 212 Å². The average molecular weight is 505 g/mol. The van der Waals surface area contributed by atoms with Crippen LogP contribution in [0.25, 0.3) is 0 Å². The third-order valence-corrected chi connectivity index (χ3v) is 7.22. The van der Waals surface area contributed by atoms with E-state index in [9.17, 15) is 19.6 Å². The Morgan fingerprint density at radius 3 is 2.58 bits per heavy atom. The molecule has 2 aliphatic rings. The van der Waals surface area contributed by atoms with E-state index in [1.54, 1.807) is 24.3 Å². The van der Waals surface area contributed by atoms with Crippen molar-refractivity contribution < 1.29 is 23.9 Å². The third kappa shape index (κ3) is 4.65. The maximum absolute atomic E-state index is 13.7. The number of nitrogens with one attached hydrogen (secondary N) is 1. The molecule has 3 N–H and O–H groups in total. The Bertz CT molecular complexity index is 1320. The van der Waals surface area contributed by atoms with Gasteiger partial charge < -0.3 is 20.5 Å². The van der Waals surface area contributed by atoms with Crippen molar-refractivity contribution in [3.8, 4) is 11.8 Å². The minimum absolute atomic E-state index is 0.0598. The van der Waals surface area contributed by atoms with Crippen LogP contribution in [0.4, 0.5) is 0 Å². The Morgan fingerprint density at radius 1 is 1.17 bits per heavy atom. The number of ether oxygens (including phenoxy) is 2. The highest BCUT2D eigenvalue weighted by Gasteiger charge is 2.48. The highest BCUT2D eigenvalue weighted by molar-refractivity contribution is 8.04. The molecule has 2 aromatic rings. The van der Waals surface area contributed by atoms with Gasteiger partial charge in [-0.2, -0.15) is 5.26 Å². The molecule has 0 radical (unpaired) electrons. The molecule has 0 aromatic heterocycles. The molecule has 2 aromatic carbocycles. The fraction of sp³-hybridized carbons (Fsp3) is 0.231. The number of benzene rings is 2. The van der Waals surface area contributed by atoms with E-state index < -0.39 is 29.0 Å². The molecule has 9 nitrogen and oxygen atoms in total. The monoisotopic (exact) mass is 504 g/mol. The van der Waals surface area contributed by atoms with Crippen LogP contribution in [-0.4, -0.2) is 42.2 Å². The van der Waals surface area contributed by atoms with Crippen LogP contribution in [0.15, 0.2) is 76.6 Å². The number of nitriles is 1. The van der Waals surface area contributed by atoms with E-state index >= 15 is 0 Å². The van der Waals surface area contributed by atoms with Gasteiger partial charge in [-0.05, 0) is 23.3 Å². The molecule has 36 heavy (non-hydrogen) atoms. The van der Waals surface area contributed by atoms with Gasteiger partial charge in [0.25, 0.3) is 5.91 Å². The summed E-state index contributed by atoms with van der Waals surface area (Å²) < 4.78 is 10.1. The molecule has 2 aliphatic heterocycles. The van der Waals surface area contributed by atoms with Gasteiger partial charge in [0.15, 0.2) is 0 Å². The van der Waals surface area contributed by atoms with E-state index in [1.165, 1.54) is 19.1 Å². The number of carbonyl (C=O) groups excluding carboxylic acids is 3. The molecule has 1 saturated heterocycles. The van der Waals surface area contributed by atoms with E-state index in [-0.39, 0.29) is 29.9 Å². The normalized spacial score (nSPS) is 19.0. The van der Waals surface area contributed by atoms with Crippen LogP contribution >= 0.6 is 11.8 Å². The number of allylic oxidation sites excluding steroid dienone is 1. The van der Waals surface area contributed by atoms with E-state index in [1.807, 2.05) is 30.3 Å². The average Bonchev–Trinajstić information content (AvgIpc) is 3.23. The lowest BCUT2D eigenvalue weighted by Gasteiger charge is -2.32. The first-order chi connectivity index (χ1) is 17.4. The largest absolute Gasteiger partial charge is 0.497 e. The highest BCUT2D eigenvalue weighted by atomic mass is 32.2. The predicted molar refractivity (Wildman–Crippen MR) is 133 cm³/mol. The van der Waals surface area contributed by atoms with Gasteiger partial charge in [0.1, 0.15) is 16.8 Å². The number of methoxy groups -OCH3 is 2. The van der Waals surface area contributed by atoms with Crippen molar-refractivity contribution in [2.45, 2.75) is 24.1 Å². The predicted octanol–water partition coefficient (Wildman–Crippen LogP) is 2.52. The van der Waals surface area contributed by atoms with E-state index in [2.05, 4.69) is 11.4 Å². The number of hydrogen-bond acceptors (Lipinski definition) is 8. The molecular formula is C26H24N4O5S. The molecule has 4 rings (SSSR count). The summed E-state index contributed by atoms with van der Waals surface area (Å²) in [7, 11) is 2.76. The summed E-state index contributed by atoms with van der Waals surface area (Å²) in [5.41, 5.74) is 8.11. The highest BCUT2D eigenvalue weighted by Crippen LogP contribution is 2.50. The molecule has 184 valence electrons. The SMILES string of the molecule is COC(=O)C[C@@H]1SC2=C(C(=O)NCc3ccccc3)[C@H](c3cccc(OC)c3)C(C#N)=C(N)N2C1=O. The van der Waals surface area contributed by atoms with Gasteiger partial charge in [0, 0.05) is 6.54 Å². The molecule has 0 spiro atoms. The lowest BCUT2D eigenvalue weighted by molar-refractivity contribution is -0.142. The van der Waals surface area contributed by atoms with Crippen molar-refractivity contribution in [2.24, 2.45) is 5.73 Å². The summed E-state index contributed by atoms with van der Waals surface area (Å²) in [6.45, 7) is 0.243. The number of amides is 2. The minimum Gasteiger partial charge on any atom is -0.497 e. The van der Waals surface area contributed by atoms with E-state index in [0.717, 1.165) is 17.3 Å². The number of nitrogens with zero attached hydrogens (tertiary/aromatic N) is 2. The third-order valence-electron chi connectivity index (χ3n) is 5.95. The Morgan fingerprint density at radius 2 is 1.92 bits per heavy atom. The first kappa shape index (κ1) is 24.9. The van der Waals surface area contributed by atoms with Crippen LogP contribution < -0.4 is 15.8 Å². The zero-order chi connectivity index (χ0) is 25.8. The summed E-state index contributed by atoms with van der Waals surface area (Å²) in [6, 6.07) is 18.5. The molecule has 0 aliphatic carbocycles. The number of hydrogen-bond donors (Lipinski definition) is 2. The second-order valence-electron chi connectivity index (χ2n) is 8.07. The topological polar surface area (TPSA) is 135 Å². The van der Waals surface area contributed by atoms with E-state index in [4.69, 9.17) is 15.2 Å². The number of fused-ring (bicyclic) bond motifs is 1. The Hall–Kier alpha value is -4.23. The Balaban J connectivity index is 1.83. The first-order valence-corrected chi connectivity index (χ1v) is 11.9. The Kier molecular flexibility index (Phi) is 7.31. The van der Waals surface area contributed by atoms with Gasteiger partial charge in [0.05, 0.1) is 48.8 Å². The molecule has 0 saturated carbocycles. The van der Waals surface area contributed by atoms with Gasteiger partial charge in [0.2, 0.25) is 5.91 Å². The maximum atomic E-state index is 13.7. The number of carbonyl (C=O) groups is 3. The van der Waals surface area contributed by atoms with Crippen LogP contribution in [0, 0.1) is 11.3 Å². The summed E-state index contributed by atoms with van der Waals surface area (Å²) in [5, 5.41) is 12.5. The minimum atomic E-state index is -0.843.